The van der Waals surface area contributed by atoms with Gasteiger partial charge in [0.2, 0.25) is 0 Å². The molecule has 2 N–H and O–H groups in total. The Bertz CT molecular complexity index is 546. The lowest BCUT2D eigenvalue weighted by molar-refractivity contribution is -0.169. The fraction of sp³-hybridized carbons (Fsp3) is 0.765. The van der Waals surface area contributed by atoms with E-state index in [2.05, 4.69) is 5.32 Å². The molecule has 0 saturated heterocycles. The summed E-state index contributed by atoms with van der Waals surface area (Å²) in [7, 11) is 0. The Labute approximate surface area is 139 Å². The number of rotatable bonds is 6. The summed E-state index contributed by atoms with van der Waals surface area (Å²) in [5.74, 6) is -2.85. The molecular formula is C17H24F3NO3. The minimum atomic E-state index is -4.93. The van der Waals surface area contributed by atoms with Crippen LogP contribution in [-0.4, -0.2) is 29.1 Å². The highest BCUT2D eigenvalue weighted by atomic mass is 19.4. The molecule has 0 aliphatic heterocycles. The lowest BCUT2D eigenvalue weighted by Gasteiger charge is -2.48. The first-order chi connectivity index (χ1) is 11.1. The van der Waals surface area contributed by atoms with Gasteiger partial charge in [-0.3, -0.25) is 4.79 Å². The maximum atomic E-state index is 13.0. The van der Waals surface area contributed by atoms with Crippen molar-refractivity contribution in [2.75, 3.05) is 0 Å². The molecule has 0 heterocycles. The molecule has 0 bridgehead atoms. The molecule has 0 aromatic heterocycles. The van der Waals surface area contributed by atoms with Crippen LogP contribution in [-0.2, 0) is 9.59 Å². The molecule has 24 heavy (non-hydrogen) atoms. The van der Waals surface area contributed by atoms with E-state index in [-0.39, 0.29) is 17.2 Å². The van der Waals surface area contributed by atoms with Gasteiger partial charge in [-0.25, -0.2) is 4.79 Å². The Kier molecular flexibility index (Phi) is 5.30. The number of hydrogen-bond acceptors (Lipinski definition) is 3. The number of allylic oxidation sites excluding steroid dienone is 2. The molecule has 1 atom stereocenters. The summed E-state index contributed by atoms with van der Waals surface area (Å²) in [6.07, 6.45) is -0.598. The molecule has 1 spiro atoms. The van der Waals surface area contributed by atoms with Crippen molar-refractivity contribution in [2.24, 2.45) is 11.3 Å². The highest BCUT2D eigenvalue weighted by molar-refractivity contribution is 6.03. The van der Waals surface area contributed by atoms with E-state index >= 15 is 0 Å². The van der Waals surface area contributed by atoms with Gasteiger partial charge in [0.05, 0.1) is 0 Å². The van der Waals surface area contributed by atoms with Crippen LogP contribution >= 0.6 is 0 Å². The SMILES string of the molecule is CC(C)CC(NC1=C(C(=O)C(F)(F)F)C2(CCCCC2)C1)C(=O)O. The van der Waals surface area contributed by atoms with Crippen molar-refractivity contribution in [1.29, 1.82) is 0 Å². The number of hydrogen-bond donors (Lipinski definition) is 2. The van der Waals surface area contributed by atoms with Crippen molar-refractivity contribution < 1.29 is 27.9 Å². The van der Waals surface area contributed by atoms with Crippen LogP contribution < -0.4 is 5.32 Å². The molecule has 0 aromatic rings. The van der Waals surface area contributed by atoms with Gasteiger partial charge in [-0.15, -0.1) is 0 Å². The van der Waals surface area contributed by atoms with Crippen LogP contribution in [0, 0.1) is 11.3 Å². The lowest BCUT2D eigenvalue weighted by atomic mass is 9.57. The highest BCUT2D eigenvalue weighted by Crippen LogP contribution is 2.56. The molecule has 1 fully saturated rings. The van der Waals surface area contributed by atoms with Gasteiger partial charge >= 0.3 is 12.1 Å². The second-order valence-electron chi connectivity index (χ2n) is 7.36. The summed E-state index contributed by atoms with van der Waals surface area (Å²) in [5.41, 5.74) is -0.759. The van der Waals surface area contributed by atoms with Crippen molar-refractivity contribution in [3.8, 4) is 0 Å². The minimum absolute atomic E-state index is 0.0738. The van der Waals surface area contributed by atoms with Crippen LogP contribution in [0.3, 0.4) is 0 Å². The Morgan fingerprint density at radius 2 is 1.79 bits per heavy atom. The topological polar surface area (TPSA) is 66.4 Å². The summed E-state index contributed by atoms with van der Waals surface area (Å²) >= 11 is 0. The molecule has 7 heteroatoms. The van der Waals surface area contributed by atoms with Gasteiger partial charge < -0.3 is 10.4 Å². The number of carboxylic acid groups (broad SMARTS) is 1. The average molecular weight is 347 g/mol. The molecule has 0 radical (unpaired) electrons. The second-order valence-corrected chi connectivity index (χ2v) is 7.36. The van der Waals surface area contributed by atoms with Gasteiger partial charge in [0, 0.05) is 16.7 Å². The van der Waals surface area contributed by atoms with E-state index in [0.29, 0.717) is 25.7 Å². The zero-order chi connectivity index (χ0) is 18.1. The number of alkyl halides is 3. The van der Waals surface area contributed by atoms with Crippen LogP contribution in [0.1, 0.15) is 58.8 Å². The molecule has 1 saturated carbocycles. The highest BCUT2D eigenvalue weighted by Gasteiger charge is 2.55. The summed E-state index contributed by atoms with van der Waals surface area (Å²) in [5, 5.41) is 12.0. The number of carbonyl (C=O) groups excluding carboxylic acids is 1. The Balaban J connectivity index is 2.31. The normalized spacial score (nSPS) is 21.6. The fourth-order valence-electron chi connectivity index (χ4n) is 3.93. The van der Waals surface area contributed by atoms with E-state index in [1.807, 2.05) is 13.8 Å². The zero-order valence-electron chi connectivity index (χ0n) is 14.0. The van der Waals surface area contributed by atoms with E-state index in [4.69, 9.17) is 0 Å². The predicted molar refractivity (Wildman–Crippen MR) is 82.2 cm³/mol. The van der Waals surface area contributed by atoms with Gasteiger partial charge in [-0.2, -0.15) is 13.2 Å². The summed E-state index contributed by atoms with van der Waals surface area (Å²) in [6.45, 7) is 3.69. The maximum Gasteiger partial charge on any atom is 0.454 e. The number of carbonyl (C=O) groups is 2. The van der Waals surface area contributed by atoms with E-state index in [1.54, 1.807) is 0 Å². The Morgan fingerprint density at radius 3 is 2.25 bits per heavy atom. The Morgan fingerprint density at radius 1 is 1.21 bits per heavy atom. The van der Waals surface area contributed by atoms with E-state index in [9.17, 15) is 27.9 Å². The van der Waals surface area contributed by atoms with Crippen LogP contribution in [0.4, 0.5) is 13.2 Å². The van der Waals surface area contributed by atoms with E-state index in [1.165, 1.54) is 0 Å². The first-order valence-electron chi connectivity index (χ1n) is 8.41. The minimum Gasteiger partial charge on any atom is -0.480 e. The third-order valence-corrected chi connectivity index (χ3v) is 5.00. The number of carboxylic acids is 1. The molecule has 2 aliphatic rings. The molecule has 2 rings (SSSR count). The zero-order valence-corrected chi connectivity index (χ0v) is 14.0. The second kappa shape index (κ2) is 6.76. The number of nitrogens with one attached hydrogen (secondary N) is 1. The number of halogens is 3. The molecule has 4 nitrogen and oxygen atoms in total. The van der Waals surface area contributed by atoms with E-state index < -0.39 is 29.4 Å². The predicted octanol–water partition coefficient (Wildman–Crippen LogP) is 3.82. The molecule has 136 valence electrons. The van der Waals surface area contributed by atoms with Crippen LogP contribution in [0.15, 0.2) is 11.3 Å². The quantitative estimate of drug-likeness (QED) is 0.767. The Hall–Kier alpha value is -1.53. The van der Waals surface area contributed by atoms with Crippen LogP contribution in [0.25, 0.3) is 0 Å². The van der Waals surface area contributed by atoms with E-state index in [0.717, 1.165) is 19.3 Å². The van der Waals surface area contributed by atoms with Gasteiger partial charge in [-0.05, 0) is 31.6 Å². The van der Waals surface area contributed by atoms with Gasteiger partial charge in [0.25, 0.3) is 5.78 Å². The van der Waals surface area contributed by atoms with Crippen molar-refractivity contribution in [1.82, 2.24) is 5.32 Å². The standard InChI is InChI=1S/C17H24F3NO3/c1-10(2)8-11(15(23)24)21-12-9-16(6-4-3-5-7-16)13(12)14(22)17(18,19)20/h10-11,21H,3-9H2,1-2H3,(H,23,24). The number of Topliss-reactive ketones (excluding diaryl/α,β-unsaturated/α-hetero) is 1. The third-order valence-electron chi connectivity index (χ3n) is 5.00. The maximum absolute atomic E-state index is 13.0. The smallest absolute Gasteiger partial charge is 0.454 e. The molecule has 1 unspecified atom stereocenters. The van der Waals surface area contributed by atoms with Crippen molar-refractivity contribution in [3.05, 3.63) is 11.3 Å². The summed E-state index contributed by atoms with van der Waals surface area (Å²) < 4.78 is 39.0. The largest absolute Gasteiger partial charge is 0.480 e. The van der Waals surface area contributed by atoms with Gasteiger partial charge in [0.15, 0.2) is 0 Å². The summed E-state index contributed by atoms with van der Waals surface area (Å²) in [4.78, 5) is 23.3. The molecular weight excluding hydrogens is 323 g/mol. The lowest BCUT2D eigenvalue weighted by Crippen LogP contribution is -2.50. The van der Waals surface area contributed by atoms with Crippen LogP contribution in [0.5, 0.6) is 0 Å². The summed E-state index contributed by atoms with van der Waals surface area (Å²) in [6, 6.07) is -0.975. The van der Waals surface area contributed by atoms with Gasteiger partial charge in [-0.1, -0.05) is 33.1 Å². The molecule has 2 aliphatic carbocycles. The van der Waals surface area contributed by atoms with Crippen molar-refractivity contribution >= 4 is 11.8 Å². The first-order valence-corrected chi connectivity index (χ1v) is 8.41. The average Bonchev–Trinajstić information content (AvgIpc) is 2.45. The molecule has 0 amide bonds. The first kappa shape index (κ1) is 18.8. The number of ketones is 1. The number of aliphatic carboxylic acids is 1. The third kappa shape index (κ3) is 3.75. The molecule has 0 aromatic carbocycles. The van der Waals surface area contributed by atoms with Crippen molar-refractivity contribution in [3.63, 3.8) is 0 Å². The van der Waals surface area contributed by atoms with Crippen molar-refractivity contribution in [2.45, 2.75) is 71.0 Å². The van der Waals surface area contributed by atoms with Gasteiger partial charge in [0.1, 0.15) is 6.04 Å². The monoisotopic (exact) mass is 347 g/mol. The van der Waals surface area contributed by atoms with Crippen LogP contribution in [0.2, 0.25) is 0 Å². The fourth-order valence-corrected chi connectivity index (χ4v) is 3.93.